The zero-order valence-corrected chi connectivity index (χ0v) is 10.9. The lowest BCUT2D eigenvalue weighted by molar-refractivity contribution is 0.340. The van der Waals surface area contributed by atoms with E-state index in [-0.39, 0.29) is 0 Å². The molecule has 0 saturated carbocycles. The molecule has 0 aliphatic carbocycles. The van der Waals surface area contributed by atoms with Gasteiger partial charge in [0.2, 0.25) is 0 Å². The Morgan fingerprint density at radius 1 is 1.16 bits per heavy atom. The third kappa shape index (κ3) is 2.14. The molecule has 3 aromatic rings. The van der Waals surface area contributed by atoms with Crippen molar-refractivity contribution in [1.29, 1.82) is 0 Å². The molecule has 2 heterocycles. The van der Waals surface area contributed by atoms with Gasteiger partial charge in [-0.15, -0.1) is 5.10 Å². The second-order valence-corrected chi connectivity index (χ2v) is 4.16. The van der Waals surface area contributed by atoms with Crippen LogP contribution in [0.1, 0.15) is 12.7 Å². The zero-order valence-electron chi connectivity index (χ0n) is 10.9. The highest BCUT2D eigenvalue weighted by molar-refractivity contribution is 5.62. The number of hydrogen-bond acceptors (Lipinski definition) is 4. The largest absolute Gasteiger partial charge is 0.494 e. The van der Waals surface area contributed by atoms with E-state index < -0.39 is 0 Å². The van der Waals surface area contributed by atoms with Crippen molar-refractivity contribution in [3.05, 3.63) is 42.4 Å². The highest BCUT2D eigenvalue weighted by atomic mass is 16.5. The van der Waals surface area contributed by atoms with Gasteiger partial charge in [-0.3, -0.25) is 0 Å². The topological polar surface area (TPSA) is 52.3 Å². The number of hydrogen-bond donors (Lipinski definition) is 0. The van der Waals surface area contributed by atoms with Crippen LogP contribution < -0.4 is 4.74 Å². The minimum Gasteiger partial charge on any atom is -0.494 e. The minimum absolute atomic E-state index is 0.615. The van der Waals surface area contributed by atoms with Gasteiger partial charge in [0.25, 0.3) is 5.78 Å². The standard InChI is InChI=1S/C14H14N4O/c1-3-19-12-6-4-11(5-7-12)13-8-9-15-14-16-10(2)17-18(13)14/h4-9H,3H2,1-2H3. The van der Waals surface area contributed by atoms with Crippen LogP contribution in [0.3, 0.4) is 0 Å². The van der Waals surface area contributed by atoms with Crippen molar-refractivity contribution in [3.63, 3.8) is 0 Å². The minimum atomic E-state index is 0.615. The Balaban J connectivity index is 2.08. The normalized spacial score (nSPS) is 10.8. The predicted molar refractivity (Wildman–Crippen MR) is 72.1 cm³/mol. The van der Waals surface area contributed by atoms with E-state index in [4.69, 9.17) is 4.74 Å². The Kier molecular flexibility index (Phi) is 2.87. The number of fused-ring (bicyclic) bond motifs is 1. The molecule has 0 spiro atoms. The lowest BCUT2D eigenvalue weighted by Crippen LogP contribution is -1.96. The molecule has 19 heavy (non-hydrogen) atoms. The average molecular weight is 254 g/mol. The summed E-state index contributed by atoms with van der Waals surface area (Å²) in [5, 5.41) is 4.36. The van der Waals surface area contributed by atoms with Gasteiger partial charge in [-0.25, -0.2) is 4.98 Å². The summed E-state index contributed by atoms with van der Waals surface area (Å²) in [7, 11) is 0. The van der Waals surface area contributed by atoms with E-state index in [9.17, 15) is 0 Å². The predicted octanol–water partition coefficient (Wildman–Crippen LogP) is 2.50. The molecule has 2 aromatic heterocycles. The van der Waals surface area contributed by atoms with Crippen LogP contribution in [0.2, 0.25) is 0 Å². The Morgan fingerprint density at radius 3 is 2.68 bits per heavy atom. The molecule has 0 bridgehead atoms. The molecule has 0 aliphatic heterocycles. The maximum Gasteiger partial charge on any atom is 0.252 e. The Morgan fingerprint density at radius 2 is 1.95 bits per heavy atom. The second kappa shape index (κ2) is 4.68. The summed E-state index contributed by atoms with van der Waals surface area (Å²) >= 11 is 0. The SMILES string of the molecule is CCOc1ccc(-c2ccnc3nc(C)nn23)cc1. The Hall–Kier alpha value is -2.43. The zero-order chi connectivity index (χ0) is 13.2. The van der Waals surface area contributed by atoms with Crippen LogP contribution >= 0.6 is 0 Å². The van der Waals surface area contributed by atoms with Gasteiger partial charge in [-0.2, -0.15) is 9.50 Å². The lowest BCUT2D eigenvalue weighted by Gasteiger charge is -2.06. The third-order valence-electron chi connectivity index (χ3n) is 2.81. The van der Waals surface area contributed by atoms with Crippen LogP contribution in [0.15, 0.2) is 36.5 Å². The summed E-state index contributed by atoms with van der Waals surface area (Å²) < 4.78 is 7.20. The fourth-order valence-electron chi connectivity index (χ4n) is 2.00. The van der Waals surface area contributed by atoms with Crippen molar-refractivity contribution >= 4 is 5.78 Å². The highest BCUT2D eigenvalue weighted by Gasteiger charge is 2.07. The van der Waals surface area contributed by atoms with Gasteiger partial charge in [0.1, 0.15) is 11.6 Å². The summed E-state index contributed by atoms with van der Waals surface area (Å²) in [4.78, 5) is 8.46. The molecule has 96 valence electrons. The van der Waals surface area contributed by atoms with Crippen molar-refractivity contribution < 1.29 is 4.74 Å². The molecule has 0 fully saturated rings. The molecule has 0 atom stereocenters. The van der Waals surface area contributed by atoms with Crippen molar-refractivity contribution in [1.82, 2.24) is 19.6 Å². The fraction of sp³-hybridized carbons (Fsp3) is 0.214. The number of aromatic nitrogens is 4. The first-order chi connectivity index (χ1) is 9.28. The van der Waals surface area contributed by atoms with E-state index in [1.807, 2.05) is 44.2 Å². The van der Waals surface area contributed by atoms with E-state index in [1.54, 1.807) is 10.7 Å². The Bertz CT molecular complexity index is 703. The van der Waals surface area contributed by atoms with Crippen molar-refractivity contribution in [3.8, 4) is 17.0 Å². The molecule has 0 amide bonds. The van der Waals surface area contributed by atoms with Crippen LogP contribution in [-0.2, 0) is 0 Å². The second-order valence-electron chi connectivity index (χ2n) is 4.16. The van der Waals surface area contributed by atoms with E-state index in [2.05, 4.69) is 15.1 Å². The molecule has 0 saturated heterocycles. The number of rotatable bonds is 3. The van der Waals surface area contributed by atoms with E-state index in [0.29, 0.717) is 18.2 Å². The summed E-state index contributed by atoms with van der Waals surface area (Å²) in [6.45, 7) is 4.50. The highest BCUT2D eigenvalue weighted by Crippen LogP contribution is 2.22. The quantitative estimate of drug-likeness (QED) is 0.720. The van der Waals surface area contributed by atoms with E-state index in [0.717, 1.165) is 17.0 Å². The summed E-state index contributed by atoms with van der Waals surface area (Å²) in [5.41, 5.74) is 2.02. The molecule has 5 heteroatoms. The number of nitrogens with zero attached hydrogens (tertiary/aromatic N) is 4. The molecular formula is C14H14N4O. The first-order valence-corrected chi connectivity index (χ1v) is 6.19. The number of benzene rings is 1. The maximum atomic E-state index is 5.44. The molecule has 5 nitrogen and oxygen atoms in total. The first-order valence-electron chi connectivity index (χ1n) is 6.19. The molecule has 0 radical (unpaired) electrons. The average Bonchev–Trinajstić information content (AvgIpc) is 2.80. The van der Waals surface area contributed by atoms with Crippen LogP contribution in [0.25, 0.3) is 17.0 Å². The Labute approximate surface area is 110 Å². The van der Waals surface area contributed by atoms with Gasteiger partial charge in [0, 0.05) is 11.8 Å². The molecule has 0 unspecified atom stereocenters. The molecule has 1 aromatic carbocycles. The van der Waals surface area contributed by atoms with Crippen LogP contribution in [0.5, 0.6) is 5.75 Å². The monoisotopic (exact) mass is 254 g/mol. The summed E-state index contributed by atoms with van der Waals surface area (Å²) in [6, 6.07) is 9.86. The number of aryl methyl sites for hydroxylation is 1. The van der Waals surface area contributed by atoms with Crippen LogP contribution in [0, 0.1) is 6.92 Å². The summed E-state index contributed by atoms with van der Waals surface area (Å²) in [5.74, 6) is 2.20. The van der Waals surface area contributed by atoms with Gasteiger partial charge >= 0.3 is 0 Å². The van der Waals surface area contributed by atoms with Gasteiger partial charge in [-0.1, -0.05) is 0 Å². The molecule has 0 N–H and O–H groups in total. The number of ether oxygens (including phenoxy) is 1. The molecule has 0 aliphatic rings. The van der Waals surface area contributed by atoms with E-state index >= 15 is 0 Å². The maximum absolute atomic E-state index is 5.44. The van der Waals surface area contributed by atoms with Crippen molar-refractivity contribution in [2.45, 2.75) is 13.8 Å². The lowest BCUT2D eigenvalue weighted by atomic mass is 10.1. The van der Waals surface area contributed by atoms with Gasteiger partial charge in [0.15, 0.2) is 0 Å². The third-order valence-corrected chi connectivity index (χ3v) is 2.81. The van der Waals surface area contributed by atoms with Crippen LogP contribution in [0.4, 0.5) is 0 Å². The van der Waals surface area contributed by atoms with E-state index in [1.165, 1.54) is 0 Å². The van der Waals surface area contributed by atoms with Gasteiger partial charge in [-0.05, 0) is 44.2 Å². The fourth-order valence-corrected chi connectivity index (χ4v) is 2.00. The van der Waals surface area contributed by atoms with Crippen molar-refractivity contribution in [2.75, 3.05) is 6.61 Å². The van der Waals surface area contributed by atoms with Crippen LogP contribution in [-0.4, -0.2) is 26.2 Å². The smallest absolute Gasteiger partial charge is 0.252 e. The van der Waals surface area contributed by atoms with Gasteiger partial charge < -0.3 is 4.74 Å². The molecular weight excluding hydrogens is 240 g/mol. The first kappa shape index (κ1) is 11.6. The van der Waals surface area contributed by atoms with Crippen molar-refractivity contribution in [2.24, 2.45) is 0 Å². The van der Waals surface area contributed by atoms with Gasteiger partial charge in [0.05, 0.1) is 12.3 Å². The summed E-state index contributed by atoms with van der Waals surface area (Å²) in [6.07, 6.45) is 1.75. The molecule has 3 rings (SSSR count).